The molecule has 0 saturated carbocycles. The fraction of sp³-hybridized carbons (Fsp3) is 0.250. The zero-order valence-corrected chi connectivity index (χ0v) is 9.10. The average Bonchev–Trinajstić information content (AvgIpc) is 2.07. The third-order valence-electron chi connectivity index (χ3n) is 1.67. The Morgan fingerprint density at radius 2 is 2.14 bits per heavy atom. The molecule has 78 valence electrons. The molecule has 0 bridgehead atoms. The number of sulfonamides is 1. The van der Waals surface area contributed by atoms with Crippen molar-refractivity contribution in [3.63, 3.8) is 0 Å². The van der Waals surface area contributed by atoms with E-state index in [0.29, 0.717) is 10.6 Å². The Morgan fingerprint density at radius 3 is 2.64 bits per heavy atom. The molecule has 2 N–H and O–H groups in total. The maximum atomic E-state index is 11.1. The van der Waals surface area contributed by atoms with Crippen molar-refractivity contribution in [1.82, 2.24) is 0 Å². The van der Waals surface area contributed by atoms with Crippen LogP contribution in [0.3, 0.4) is 0 Å². The fourth-order valence-electron chi connectivity index (χ4n) is 1.09. The van der Waals surface area contributed by atoms with E-state index >= 15 is 0 Å². The van der Waals surface area contributed by atoms with Gasteiger partial charge in [0.1, 0.15) is 0 Å². The van der Waals surface area contributed by atoms with E-state index in [1.54, 1.807) is 6.07 Å². The summed E-state index contributed by atoms with van der Waals surface area (Å²) in [6.45, 7) is 0.117. The van der Waals surface area contributed by atoms with Gasteiger partial charge in [-0.3, -0.25) is 0 Å². The highest BCUT2D eigenvalue weighted by atomic mass is 35.5. The fourth-order valence-corrected chi connectivity index (χ4v) is 2.16. The van der Waals surface area contributed by atoms with Crippen molar-refractivity contribution in [2.75, 3.05) is 7.11 Å². The van der Waals surface area contributed by atoms with Gasteiger partial charge in [-0.2, -0.15) is 0 Å². The molecular weight excluding hydrogens is 226 g/mol. The van der Waals surface area contributed by atoms with Crippen molar-refractivity contribution >= 4 is 21.6 Å². The van der Waals surface area contributed by atoms with E-state index < -0.39 is 10.0 Å². The van der Waals surface area contributed by atoms with Crippen LogP contribution in [-0.4, -0.2) is 15.5 Å². The number of hydrogen-bond donors (Lipinski definition) is 1. The summed E-state index contributed by atoms with van der Waals surface area (Å²) >= 11 is 5.81. The lowest BCUT2D eigenvalue weighted by molar-refractivity contribution is 0.183. The Kier molecular flexibility index (Phi) is 3.49. The van der Waals surface area contributed by atoms with Gasteiger partial charge < -0.3 is 4.74 Å². The Bertz CT molecular complexity index is 430. The van der Waals surface area contributed by atoms with Crippen LogP contribution in [0.1, 0.15) is 5.56 Å². The minimum absolute atomic E-state index is 0.00634. The molecule has 1 rings (SSSR count). The van der Waals surface area contributed by atoms with Gasteiger partial charge >= 0.3 is 0 Å². The highest BCUT2D eigenvalue weighted by molar-refractivity contribution is 7.89. The largest absolute Gasteiger partial charge is 0.380 e. The Labute approximate surface area is 87.7 Å². The van der Waals surface area contributed by atoms with Crippen molar-refractivity contribution < 1.29 is 13.2 Å². The molecular formula is C8H10ClNO3S. The van der Waals surface area contributed by atoms with Crippen molar-refractivity contribution in [1.29, 1.82) is 0 Å². The molecule has 0 amide bonds. The lowest BCUT2D eigenvalue weighted by Gasteiger charge is -2.08. The Morgan fingerprint density at radius 1 is 1.50 bits per heavy atom. The van der Waals surface area contributed by atoms with E-state index in [1.165, 1.54) is 19.2 Å². The lowest BCUT2D eigenvalue weighted by Crippen LogP contribution is -2.15. The highest BCUT2D eigenvalue weighted by Crippen LogP contribution is 2.23. The van der Waals surface area contributed by atoms with Crippen molar-refractivity contribution in [3.05, 3.63) is 28.8 Å². The summed E-state index contributed by atoms with van der Waals surface area (Å²) in [5, 5.41) is 5.35. The molecule has 0 aromatic heterocycles. The summed E-state index contributed by atoms with van der Waals surface area (Å²) in [6.07, 6.45) is 0. The number of ether oxygens (including phenoxy) is 1. The maximum absolute atomic E-state index is 11.1. The van der Waals surface area contributed by atoms with Gasteiger partial charge in [-0.15, -0.1) is 0 Å². The van der Waals surface area contributed by atoms with Gasteiger partial charge in [-0.1, -0.05) is 17.7 Å². The van der Waals surface area contributed by atoms with E-state index in [4.69, 9.17) is 21.5 Å². The molecule has 0 aliphatic carbocycles. The minimum Gasteiger partial charge on any atom is -0.380 e. The number of hydrogen-bond acceptors (Lipinski definition) is 3. The molecule has 6 heteroatoms. The standard InChI is InChI=1S/C8H10ClNO3S/c1-13-5-6-7(9)3-2-4-8(6)14(10,11)12/h2-4H,5H2,1H3,(H2,10,11,12). The van der Waals surface area contributed by atoms with Crippen molar-refractivity contribution in [3.8, 4) is 0 Å². The molecule has 14 heavy (non-hydrogen) atoms. The van der Waals surface area contributed by atoms with Crippen LogP contribution in [0.15, 0.2) is 23.1 Å². The predicted molar refractivity (Wildman–Crippen MR) is 53.5 cm³/mol. The van der Waals surface area contributed by atoms with E-state index in [0.717, 1.165) is 0 Å². The summed E-state index contributed by atoms with van der Waals surface area (Å²) in [5.74, 6) is 0. The van der Waals surface area contributed by atoms with Gasteiger partial charge in [0.05, 0.1) is 11.5 Å². The van der Waals surface area contributed by atoms with Crippen molar-refractivity contribution in [2.24, 2.45) is 5.14 Å². The molecule has 1 aromatic carbocycles. The smallest absolute Gasteiger partial charge is 0.238 e. The van der Waals surface area contributed by atoms with Gasteiger partial charge in [-0.05, 0) is 12.1 Å². The molecule has 0 aliphatic heterocycles. The first-order chi connectivity index (χ1) is 6.46. The van der Waals surface area contributed by atoms with Crippen LogP contribution in [0.25, 0.3) is 0 Å². The summed E-state index contributed by atoms with van der Waals surface area (Å²) in [6, 6.07) is 4.52. The van der Waals surface area contributed by atoms with Gasteiger partial charge in [0, 0.05) is 17.7 Å². The van der Waals surface area contributed by atoms with Crippen LogP contribution >= 0.6 is 11.6 Å². The second-order valence-electron chi connectivity index (χ2n) is 2.69. The molecule has 4 nitrogen and oxygen atoms in total. The van der Waals surface area contributed by atoms with Crippen LogP contribution < -0.4 is 5.14 Å². The third-order valence-corrected chi connectivity index (χ3v) is 3.02. The molecule has 0 atom stereocenters. The van der Waals surface area contributed by atoms with Crippen LogP contribution in [0.2, 0.25) is 5.02 Å². The molecule has 0 heterocycles. The summed E-state index contributed by atoms with van der Waals surface area (Å²) in [5.41, 5.74) is 0.388. The third kappa shape index (κ3) is 2.45. The normalized spacial score (nSPS) is 11.6. The Balaban J connectivity index is 3.36. The predicted octanol–water partition coefficient (Wildman–Crippen LogP) is 1.13. The molecule has 0 fully saturated rings. The quantitative estimate of drug-likeness (QED) is 0.854. The zero-order valence-electron chi connectivity index (χ0n) is 7.53. The van der Waals surface area contributed by atoms with Gasteiger partial charge in [-0.25, -0.2) is 13.6 Å². The first-order valence-corrected chi connectivity index (χ1v) is 5.68. The first kappa shape index (κ1) is 11.5. The van der Waals surface area contributed by atoms with Crippen LogP contribution in [0.5, 0.6) is 0 Å². The Hall–Kier alpha value is -0.620. The van der Waals surface area contributed by atoms with Gasteiger partial charge in [0.2, 0.25) is 10.0 Å². The zero-order chi connectivity index (χ0) is 10.8. The topological polar surface area (TPSA) is 69.4 Å². The lowest BCUT2D eigenvalue weighted by atomic mass is 10.2. The second kappa shape index (κ2) is 4.27. The molecule has 0 radical (unpaired) electrons. The number of methoxy groups -OCH3 is 1. The summed E-state index contributed by atoms with van der Waals surface area (Å²) in [7, 11) is -2.29. The molecule has 0 aliphatic rings. The van der Waals surface area contributed by atoms with Gasteiger partial charge in [0.25, 0.3) is 0 Å². The molecule has 0 saturated heterocycles. The average molecular weight is 236 g/mol. The van der Waals surface area contributed by atoms with E-state index in [1.807, 2.05) is 0 Å². The maximum Gasteiger partial charge on any atom is 0.238 e. The summed E-state index contributed by atoms with van der Waals surface area (Å²) < 4.78 is 27.1. The van der Waals surface area contributed by atoms with Crippen molar-refractivity contribution in [2.45, 2.75) is 11.5 Å². The number of benzene rings is 1. The van der Waals surface area contributed by atoms with Crippen LogP contribution in [0.4, 0.5) is 0 Å². The van der Waals surface area contributed by atoms with E-state index in [-0.39, 0.29) is 11.5 Å². The second-order valence-corrected chi connectivity index (χ2v) is 4.63. The van der Waals surface area contributed by atoms with E-state index in [2.05, 4.69) is 0 Å². The van der Waals surface area contributed by atoms with Crippen LogP contribution in [-0.2, 0) is 21.4 Å². The number of nitrogens with two attached hydrogens (primary N) is 1. The highest BCUT2D eigenvalue weighted by Gasteiger charge is 2.15. The number of rotatable bonds is 3. The minimum atomic E-state index is -3.74. The molecule has 0 spiro atoms. The SMILES string of the molecule is COCc1c(Cl)cccc1S(N)(=O)=O. The molecule has 1 aromatic rings. The number of primary sulfonamides is 1. The number of halogens is 1. The van der Waals surface area contributed by atoms with E-state index in [9.17, 15) is 8.42 Å². The van der Waals surface area contributed by atoms with Crippen LogP contribution in [0, 0.1) is 0 Å². The molecule has 0 unspecified atom stereocenters. The summed E-state index contributed by atoms with van der Waals surface area (Å²) in [4.78, 5) is 0.00634. The first-order valence-electron chi connectivity index (χ1n) is 3.76. The van der Waals surface area contributed by atoms with Gasteiger partial charge in [0.15, 0.2) is 0 Å². The monoisotopic (exact) mass is 235 g/mol.